The second-order valence-corrected chi connectivity index (χ2v) is 4.97. The van der Waals surface area contributed by atoms with E-state index in [-0.39, 0.29) is 12.0 Å². The number of carbonyl (C=O) groups excluding carboxylic acids is 1. The Morgan fingerprint density at radius 1 is 1.53 bits per heavy atom. The zero-order valence-corrected chi connectivity index (χ0v) is 11.2. The molecule has 1 heterocycles. The first-order chi connectivity index (χ1) is 8.15. The summed E-state index contributed by atoms with van der Waals surface area (Å²) in [6, 6.07) is 0.459. The van der Waals surface area contributed by atoms with Crippen LogP contribution in [0.5, 0.6) is 0 Å². The lowest BCUT2D eigenvalue weighted by Crippen LogP contribution is -2.51. The first-order valence-corrected chi connectivity index (χ1v) is 6.80. The molecule has 1 fully saturated rings. The van der Waals surface area contributed by atoms with Gasteiger partial charge in [0.2, 0.25) is 0 Å². The molecule has 0 aromatic heterocycles. The summed E-state index contributed by atoms with van der Waals surface area (Å²) in [7, 11) is 0. The number of carbonyl (C=O) groups is 1. The van der Waals surface area contributed by atoms with Crippen molar-refractivity contribution in [2.75, 3.05) is 19.7 Å². The van der Waals surface area contributed by atoms with Gasteiger partial charge in [0.05, 0.1) is 13.2 Å². The Bertz CT molecular complexity index is 231. The number of nitrogens with zero attached hydrogens (tertiary/aromatic N) is 1. The number of hydrogen-bond donors (Lipinski definition) is 1. The first-order valence-electron chi connectivity index (χ1n) is 6.80. The molecule has 0 aromatic rings. The fourth-order valence-electron chi connectivity index (χ4n) is 2.35. The van der Waals surface area contributed by atoms with Crippen molar-refractivity contribution in [1.82, 2.24) is 4.90 Å². The predicted molar refractivity (Wildman–Crippen MR) is 68.7 cm³/mol. The van der Waals surface area contributed by atoms with Crippen LogP contribution >= 0.6 is 0 Å². The van der Waals surface area contributed by atoms with Crippen LogP contribution in [0.15, 0.2) is 0 Å². The summed E-state index contributed by atoms with van der Waals surface area (Å²) in [5, 5.41) is 0. The molecule has 0 spiro atoms. The normalized spacial score (nSPS) is 23.4. The molecular formula is C13H26N2O2. The van der Waals surface area contributed by atoms with Crippen LogP contribution in [0.3, 0.4) is 0 Å². The van der Waals surface area contributed by atoms with Crippen LogP contribution < -0.4 is 5.73 Å². The maximum atomic E-state index is 11.6. The smallest absolute Gasteiger partial charge is 0.320 e. The van der Waals surface area contributed by atoms with Crippen molar-refractivity contribution >= 4 is 5.97 Å². The number of rotatable bonds is 6. The van der Waals surface area contributed by atoms with Crippen LogP contribution in [-0.2, 0) is 9.53 Å². The molecule has 2 unspecified atom stereocenters. The molecule has 17 heavy (non-hydrogen) atoms. The Morgan fingerprint density at radius 3 is 2.94 bits per heavy atom. The average Bonchev–Trinajstić information content (AvgIpc) is 2.29. The minimum atomic E-state index is -0.106. The first kappa shape index (κ1) is 14.5. The Morgan fingerprint density at radius 2 is 2.29 bits per heavy atom. The second kappa shape index (κ2) is 7.67. The number of hydrogen-bond acceptors (Lipinski definition) is 4. The quantitative estimate of drug-likeness (QED) is 0.567. The molecule has 0 radical (unpaired) electrons. The van der Waals surface area contributed by atoms with Gasteiger partial charge in [0.1, 0.15) is 0 Å². The minimum Gasteiger partial charge on any atom is -0.465 e. The highest BCUT2D eigenvalue weighted by atomic mass is 16.5. The van der Waals surface area contributed by atoms with Crippen molar-refractivity contribution in [2.24, 2.45) is 5.73 Å². The summed E-state index contributed by atoms with van der Waals surface area (Å²) < 4.78 is 5.19. The molecule has 100 valence electrons. The SMILES string of the molecule is CCCCOC(=O)CN1CCCCC1C(C)N. The number of esters is 1. The van der Waals surface area contributed by atoms with Gasteiger partial charge in [-0.25, -0.2) is 0 Å². The molecule has 2 atom stereocenters. The zero-order valence-electron chi connectivity index (χ0n) is 11.2. The molecule has 0 amide bonds. The van der Waals surface area contributed by atoms with E-state index in [2.05, 4.69) is 11.8 Å². The highest BCUT2D eigenvalue weighted by Crippen LogP contribution is 2.18. The van der Waals surface area contributed by atoms with E-state index in [9.17, 15) is 4.79 Å². The molecule has 1 aliphatic rings. The Hall–Kier alpha value is -0.610. The highest BCUT2D eigenvalue weighted by Gasteiger charge is 2.27. The lowest BCUT2D eigenvalue weighted by molar-refractivity contribution is -0.146. The number of piperidine rings is 1. The molecule has 2 N–H and O–H groups in total. The van der Waals surface area contributed by atoms with Gasteiger partial charge in [0, 0.05) is 12.1 Å². The van der Waals surface area contributed by atoms with Crippen LogP contribution in [0.25, 0.3) is 0 Å². The Labute approximate surface area is 104 Å². The van der Waals surface area contributed by atoms with Gasteiger partial charge >= 0.3 is 5.97 Å². The number of unbranched alkanes of at least 4 members (excludes halogenated alkanes) is 1. The van der Waals surface area contributed by atoms with E-state index in [4.69, 9.17) is 10.5 Å². The molecule has 4 nitrogen and oxygen atoms in total. The van der Waals surface area contributed by atoms with E-state index in [0.29, 0.717) is 19.2 Å². The molecule has 1 saturated heterocycles. The third kappa shape index (κ3) is 5.04. The van der Waals surface area contributed by atoms with Crippen molar-refractivity contribution in [2.45, 2.75) is 58.0 Å². The van der Waals surface area contributed by atoms with Crippen molar-refractivity contribution < 1.29 is 9.53 Å². The lowest BCUT2D eigenvalue weighted by atomic mass is 9.97. The predicted octanol–water partition coefficient (Wildman–Crippen LogP) is 1.53. The van der Waals surface area contributed by atoms with E-state index in [1.54, 1.807) is 0 Å². The molecular weight excluding hydrogens is 216 g/mol. The van der Waals surface area contributed by atoms with Crippen LogP contribution in [0.2, 0.25) is 0 Å². The average molecular weight is 242 g/mol. The molecule has 0 saturated carbocycles. The molecule has 1 rings (SSSR count). The van der Waals surface area contributed by atoms with Crippen LogP contribution in [0, 0.1) is 0 Å². The minimum absolute atomic E-state index is 0.106. The topological polar surface area (TPSA) is 55.6 Å². The number of ether oxygens (including phenoxy) is 1. The molecule has 4 heteroatoms. The summed E-state index contributed by atoms with van der Waals surface area (Å²) in [6.45, 7) is 6.02. The van der Waals surface area contributed by atoms with Gasteiger partial charge in [-0.05, 0) is 32.7 Å². The van der Waals surface area contributed by atoms with Crippen molar-refractivity contribution in [3.8, 4) is 0 Å². The number of likely N-dealkylation sites (tertiary alicyclic amines) is 1. The van der Waals surface area contributed by atoms with Gasteiger partial charge in [0.25, 0.3) is 0 Å². The van der Waals surface area contributed by atoms with E-state index < -0.39 is 0 Å². The van der Waals surface area contributed by atoms with Crippen molar-refractivity contribution in [1.29, 1.82) is 0 Å². The molecule has 0 bridgehead atoms. The van der Waals surface area contributed by atoms with Gasteiger partial charge in [-0.1, -0.05) is 19.8 Å². The van der Waals surface area contributed by atoms with Gasteiger partial charge in [-0.2, -0.15) is 0 Å². The van der Waals surface area contributed by atoms with E-state index in [0.717, 1.165) is 32.2 Å². The Balaban J connectivity index is 2.34. The summed E-state index contributed by atoms with van der Waals surface area (Å²) in [5.74, 6) is -0.106. The van der Waals surface area contributed by atoms with Crippen LogP contribution in [0.4, 0.5) is 0 Å². The largest absolute Gasteiger partial charge is 0.465 e. The van der Waals surface area contributed by atoms with Gasteiger partial charge < -0.3 is 10.5 Å². The maximum Gasteiger partial charge on any atom is 0.320 e. The lowest BCUT2D eigenvalue weighted by Gasteiger charge is -2.37. The van der Waals surface area contributed by atoms with E-state index in [1.165, 1.54) is 6.42 Å². The number of nitrogens with two attached hydrogens (primary N) is 1. The molecule has 0 aliphatic carbocycles. The maximum absolute atomic E-state index is 11.6. The second-order valence-electron chi connectivity index (χ2n) is 4.97. The summed E-state index contributed by atoms with van der Waals surface area (Å²) in [6.07, 6.45) is 5.47. The van der Waals surface area contributed by atoms with E-state index >= 15 is 0 Å². The van der Waals surface area contributed by atoms with Gasteiger partial charge in [-0.3, -0.25) is 9.69 Å². The third-order valence-corrected chi connectivity index (χ3v) is 3.36. The summed E-state index contributed by atoms with van der Waals surface area (Å²) >= 11 is 0. The van der Waals surface area contributed by atoms with Crippen molar-refractivity contribution in [3.63, 3.8) is 0 Å². The standard InChI is InChI=1S/C13H26N2O2/c1-3-4-9-17-13(16)10-15-8-6-5-7-12(15)11(2)14/h11-12H,3-10,14H2,1-2H3. The van der Waals surface area contributed by atoms with Gasteiger partial charge in [-0.15, -0.1) is 0 Å². The van der Waals surface area contributed by atoms with Crippen LogP contribution in [-0.4, -0.2) is 42.6 Å². The summed E-state index contributed by atoms with van der Waals surface area (Å²) in [5.41, 5.74) is 5.96. The van der Waals surface area contributed by atoms with Gasteiger partial charge in [0.15, 0.2) is 0 Å². The van der Waals surface area contributed by atoms with Crippen LogP contribution in [0.1, 0.15) is 46.0 Å². The molecule has 1 aliphatic heterocycles. The van der Waals surface area contributed by atoms with Crippen molar-refractivity contribution in [3.05, 3.63) is 0 Å². The monoisotopic (exact) mass is 242 g/mol. The Kier molecular flexibility index (Phi) is 6.52. The molecule has 0 aromatic carbocycles. The summed E-state index contributed by atoms with van der Waals surface area (Å²) in [4.78, 5) is 13.8. The zero-order chi connectivity index (χ0) is 12.7. The fraction of sp³-hybridized carbons (Fsp3) is 0.923. The third-order valence-electron chi connectivity index (χ3n) is 3.36. The fourth-order valence-corrected chi connectivity index (χ4v) is 2.35. The van der Waals surface area contributed by atoms with E-state index in [1.807, 2.05) is 6.92 Å². The highest BCUT2D eigenvalue weighted by molar-refractivity contribution is 5.71.